The Balaban J connectivity index is 1.89. The van der Waals surface area contributed by atoms with E-state index in [0.29, 0.717) is 16.1 Å². The Morgan fingerprint density at radius 2 is 1.89 bits per heavy atom. The van der Waals surface area contributed by atoms with E-state index in [1.165, 1.54) is 24.1 Å². The monoisotopic (exact) mass is 489 g/mol. The van der Waals surface area contributed by atoms with Gasteiger partial charge in [-0.3, -0.25) is 14.2 Å². The van der Waals surface area contributed by atoms with Gasteiger partial charge in [-0.05, 0) is 23.3 Å². The van der Waals surface area contributed by atoms with Crippen molar-refractivity contribution in [3.05, 3.63) is 105 Å². The van der Waals surface area contributed by atoms with Gasteiger partial charge >= 0.3 is 0 Å². The Hall–Kier alpha value is -4.42. The second-order valence-corrected chi connectivity index (χ2v) is 8.29. The summed E-state index contributed by atoms with van der Waals surface area (Å²) in [5.74, 6) is -2.39. The van der Waals surface area contributed by atoms with Crippen LogP contribution in [-0.4, -0.2) is 25.7 Å². The molecular weight excluding hydrogens is 470 g/mol. The van der Waals surface area contributed by atoms with Crippen molar-refractivity contribution in [2.24, 2.45) is 7.05 Å². The number of hydrogen-bond acceptors (Lipinski definition) is 7. The van der Waals surface area contributed by atoms with Gasteiger partial charge in [0.2, 0.25) is 5.75 Å². The maximum absolute atomic E-state index is 12.9. The highest BCUT2D eigenvalue weighted by Crippen LogP contribution is 2.41. The number of aromatic nitrogens is 3. The van der Waals surface area contributed by atoms with E-state index in [1.54, 1.807) is 24.3 Å². The minimum atomic E-state index is -0.802. The Morgan fingerprint density at radius 1 is 1.20 bits per heavy atom. The molecule has 2 heterocycles. The van der Waals surface area contributed by atoms with Crippen LogP contribution in [0.15, 0.2) is 70.3 Å². The lowest BCUT2D eigenvalue weighted by Gasteiger charge is -2.28. The molecule has 0 aliphatic carbocycles. The quantitative estimate of drug-likeness (QED) is 0.414. The van der Waals surface area contributed by atoms with Crippen molar-refractivity contribution >= 4 is 23.2 Å². The zero-order valence-corrected chi connectivity index (χ0v) is 19.5. The van der Waals surface area contributed by atoms with E-state index in [2.05, 4.69) is 21.5 Å². The van der Waals surface area contributed by atoms with Crippen molar-refractivity contribution < 1.29 is 14.4 Å². The van der Waals surface area contributed by atoms with Crippen LogP contribution >= 0.6 is 11.6 Å². The van der Waals surface area contributed by atoms with Gasteiger partial charge in [-0.15, -0.1) is 0 Å². The number of rotatable bonds is 6. The number of aromatic hydroxyl groups is 1. The van der Waals surface area contributed by atoms with Crippen LogP contribution in [0.2, 0.25) is 5.02 Å². The lowest BCUT2D eigenvalue weighted by atomic mass is 9.79. The van der Waals surface area contributed by atoms with Gasteiger partial charge in [0.15, 0.2) is 5.69 Å². The van der Waals surface area contributed by atoms with Gasteiger partial charge in [0.05, 0.1) is 17.8 Å². The summed E-state index contributed by atoms with van der Waals surface area (Å²) < 4.78 is 5.89. The molecule has 10 heteroatoms. The topological polar surface area (TPSA) is 134 Å². The van der Waals surface area contributed by atoms with Crippen molar-refractivity contribution in [1.82, 2.24) is 14.7 Å². The summed E-state index contributed by atoms with van der Waals surface area (Å²) >= 11 is 6.56. The number of hydrogen-bond donors (Lipinski definition) is 2. The van der Waals surface area contributed by atoms with Crippen molar-refractivity contribution in [2.75, 3.05) is 5.32 Å². The van der Waals surface area contributed by atoms with Gasteiger partial charge in [0, 0.05) is 23.9 Å². The number of carbonyl (C=O) groups is 1. The Bertz CT molecular complexity index is 1490. The fourth-order valence-electron chi connectivity index (χ4n) is 4.08. The van der Waals surface area contributed by atoms with Crippen molar-refractivity contribution in [3.8, 4) is 11.8 Å². The van der Waals surface area contributed by atoms with Crippen molar-refractivity contribution in [1.29, 1.82) is 5.26 Å². The molecule has 2 aromatic heterocycles. The highest BCUT2D eigenvalue weighted by atomic mass is 35.5. The van der Waals surface area contributed by atoms with Crippen LogP contribution in [0, 0.1) is 11.3 Å². The normalized spacial score (nSPS) is 12.5. The molecule has 0 saturated heterocycles. The van der Waals surface area contributed by atoms with Crippen molar-refractivity contribution in [2.45, 2.75) is 18.8 Å². The standard InChI is InChI=1S/C25H20ClN5O4/c1-14(20(18-9-5-6-10-19(18)26)17-8-4-3-7-15(17)11-27)23-30-21(22(32)25(34)31(23)2)24(33)29-16-12-28-35-13-16/h3-10,12-14,20,32H,1-2H3,(H,29,33)/t14-,20+/m1/s1. The van der Waals surface area contributed by atoms with Gasteiger partial charge in [-0.2, -0.15) is 5.26 Å². The third kappa shape index (κ3) is 4.52. The lowest BCUT2D eigenvalue weighted by Crippen LogP contribution is -2.29. The first-order chi connectivity index (χ1) is 16.8. The van der Waals surface area contributed by atoms with Crippen molar-refractivity contribution in [3.63, 3.8) is 0 Å². The highest BCUT2D eigenvalue weighted by Gasteiger charge is 2.31. The van der Waals surface area contributed by atoms with Gasteiger partial charge in [0.25, 0.3) is 11.5 Å². The molecule has 1 amide bonds. The Kier molecular flexibility index (Phi) is 6.66. The summed E-state index contributed by atoms with van der Waals surface area (Å²) in [5, 5.41) is 26.6. The minimum Gasteiger partial charge on any atom is -0.501 e. The number of amides is 1. The molecular formula is C25H20ClN5O4. The van der Waals surface area contributed by atoms with Crippen LogP contribution in [0.1, 0.15) is 51.8 Å². The maximum atomic E-state index is 12.9. The highest BCUT2D eigenvalue weighted by molar-refractivity contribution is 6.31. The summed E-state index contributed by atoms with van der Waals surface area (Å²) in [4.78, 5) is 30.1. The summed E-state index contributed by atoms with van der Waals surface area (Å²) in [7, 11) is 1.46. The SMILES string of the molecule is C[C@@H](c1nc(C(=O)Nc2cnoc2)c(O)c(=O)n1C)[C@H](c1ccccc1Cl)c1ccccc1C#N. The molecule has 0 radical (unpaired) electrons. The zero-order chi connectivity index (χ0) is 25.1. The predicted octanol–water partition coefficient (Wildman–Crippen LogP) is 4.19. The molecule has 0 saturated carbocycles. The molecule has 0 unspecified atom stereocenters. The number of halogens is 1. The summed E-state index contributed by atoms with van der Waals surface area (Å²) in [6.07, 6.45) is 2.47. The molecule has 4 aromatic rings. The Morgan fingerprint density at radius 3 is 2.54 bits per heavy atom. The largest absolute Gasteiger partial charge is 0.501 e. The average molecular weight is 490 g/mol. The first kappa shape index (κ1) is 23.7. The van der Waals surface area contributed by atoms with E-state index in [1.807, 2.05) is 31.2 Å². The average Bonchev–Trinajstić information content (AvgIpc) is 3.37. The van der Waals surface area contributed by atoms with Crippen LogP contribution in [0.3, 0.4) is 0 Å². The number of nitrogens with zero attached hydrogens (tertiary/aromatic N) is 4. The molecule has 9 nitrogen and oxygen atoms in total. The summed E-state index contributed by atoms with van der Waals surface area (Å²) in [6, 6.07) is 16.5. The predicted molar refractivity (Wildman–Crippen MR) is 128 cm³/mol. The first-order valence-corrected chi connectivity index (χ1v) is 10.9. The fourth-order valence-corrected chi connectivity index (χ4v) is 4.34. The van der Waals surface area contributed by atoms with Crippen LogP contribution in [0.25, 0.3) is 0 Å². The molecule has 2 atom stereocenters. The van der Waals surface area contributed by atoms with Crippen LogP contribution in [-0.2, 0) is 7.05 Å². The first-order valence-electron chi connectivity index (χ1n) is 10.6. The van der Waals surface area contributed by atoms with E-state index in [9.17, 15) is 20.0 Å². The third-order valence-corrected chi connectivity index (χ3v) is 6.11. The molecule has 2 N–H and O–H groups in total. The van der Waals surface area contributed by atoms with Gasteiger partial charge in [0.1, 0.15) is 17.8 Å². The van der Waals surface area contributed by atoms with Gasteiger partial charge in [-0.25, -0.2) is 4.98 Å². The second kappa shape index (κ2) is 9.83. The molecule has 176 valence electrons. The number of nitriles is 1. The molecule has 0 bridgehead atoms. The third-order valence-electron chi connectivity index (χ3n) is 5.77. The Labute approximate surface area is 205 Å². The molecule has 0 aliphatic heterocycles. The number of anilines is 1. The van der Waals surface area contributed by atoms with Gasteiger partial charge in [-0.1, -0.05) is 60.1 Å². The van der Waals surface area contributed by atoms with E-state index < -0.39 is 34.7 Å². The van der Waals surface area contributed by atoms with Crippen LogP contribution < -0.4 is 10.9 Å². The smallest absolute Gasteiger partial charge is 0.296 e. The second-order valence-electron chi connectivity index (χ2n) is 7.89. The molecule has 0 fully saturated rings. The van der Waals surface area contributed by atoms with Crippen LogP contribution in [0.4, 0.5) is 5.69 Å². The number of nitrogens with one attached hydrogen (secondary N) is 1. The number of carbonyl (C=O) groups excluding carboxylic acids is 1. The zero-order valence-electron chi connectivity index (χ0n) is 18.8. The molecule has 2 aromatic carbocycles. The van der Waals surface area contributed by atoms with Gasteiger partial charge < -0.3 is 14.9 Å². The van der Waals surface area contributed by atoms with E-state index in [-0.39, 0.29) is 11.5 Å². The summed E-state index contributed by atoms with van der Waals surface area (Å²) in [5.41, 5.74) is 0.865. The number of benzene rings is 2. The molecule has 0 spiro atoms. The minimum absolute atomic E-state index is 0.223. The molecule has 35 heavy (non-hydrogen) atoms. The van der Waals surface area contributed by atoms with E-state index in [4.69, 9.17) is 16.1 Å². The fraction of sp³-hybridized carbons (Fsp3) is 0.160. The van der Waals surface area contributed by atoms with E-state index in [0.717, 1.165) is 5.56 Å². The molecule has 0 aliphatic rings. The van der Waals surface area contributed by atoms with E-state index >= 15 is 0 Å². The maximum Gasteiger partial charge on any atom is 0.296 e. The lowest BCUT2D eigenvalue weighted by molar-refractivity contribution is 0.101. The molecule has 4 rings (SSSR count). The van der Waals surface area contributed by atoms with Crippen LogP contribution in [0.5, 0.6) is 5.75 Å². The summed E-state index contributed by atoms with van der Waals surface area (Å²) in [6.45, 7) is 1.82.